The number of aromatic amines is 2. The predicted octanol–water partition coefficient (Wildman–Crippen LogP) is 3.01. The average Bonchev–Trinajstić information content (AvgIpc) is 3.09. The molecule has 0 aliphatic heterocycles. The summed E-state index contributed by atoms with van der Waals surface area (Å²) < 4.78 is 0. The van der Waals surface area contributed by atoms with Crippen LogP contribution in [0.15, 0.2) is 42.5 Å². The Morgan fingerprint density at radius 3 is 2.76 bits per heavy atom. The van der Waals surface area contributed by atoms with Crippen LogP contribution in [0.3, 0.4) is 0 Å². The number of hydrogen-bond donors (Lipinski definition) is 2. The molecule has 0 aliphatic rings. The fourth-order valence-corrected chi connectivity index (χ4v) is 2.36. The molecule has 0 spiro atoms. The monoisotopic (exact) mass is 279 g/mol. The second kappa shape index (κ2) is 4.14. The van der Waals surface area contributed by atoms with E-state index in [-0.39, 0.29) is 5.69 Å². The maximum atomic E-state index is 10.9. The number of H-pyrrole nitrogens is 2. The minimum absolute atomic E-state index is 0.0289. The first-order valence-corrected chi connectivity index (χ1v) is 6.30. The fourth-order valence-electron chi connectivity index (χ4n) is 2.36. The van der Waals surface area contributed by atoms with Crippen LogP contribution in [-0.4, -0.2) is 25.1 Å². The number of imidazole rings is 1. The molecule has 21 heavy (non-hydrogen) atoms. The summed E-state index contributed by atoms with van der Waals surface area (Å²) in [5, 5.41) is 18.7. The number of benzene rings is 2. The SMILES string of the molecule is O=[N+]([O-])c1ccc2[nH]nc(-c3nc4ccccc4[nH]3)c2c1. The summed E-state index contributed by atoms with van der Waals surface area (Å²) in [6, 6.07) is 12.2. The van der Waals surface area contributed by atoms with Crippen molar-refractivity contribution in [2.75, 3.05) is 0 Å². The van der Waals surface area contributed by atoms with E-state index in [9.17, 15) is 10.1 Å². The van der Waals surface area contributed by atoms with Gasteiger partial charge >= 0.3 is 0 Å². The third-order valence-corrected chi connectivity index (χ3v) is 3.37. The highest BCUT2D eigenvalue weighted by atomic mass is 16.6. The van der Waals surface area contributed by atoms with Gasteiger partial charge in [-0.15, -0.1) is 0 Å². The summed E-state index contributed by atoms with van der Waals surface area (Å²) in [5.74, 6) is 0.586. The number of fused-ring (bicyclic) bond motifs is 2. The third kappa shape index (κ3) is 1.75. The second-order valence-electron chi connectivity index (χ2n) is 4.66. The Bertz CT molecular complexity index is 952. The highest BCUT2D eigenvalue weighted by molar-refractivity contribution is 5.94. The van der Waals surface area contributed by atoms with Crippen molar-refractivity contribution in [3.8, 4) is 11.5 Å². The van der Waals surface area contributed by atoms with Gasteiger partial charge in [0.2, 0.25) is 0 Å². The Labute approximate surface area is 117 Å². The van der Waals surface area contributed by atoms with Crippen LogP contribution in [0.2, 0.25) is 0 Å². The Morgan fingerprint density at radius 1 is 1.10 bits per heavy atom. The maximum absolute atomic E-state index is 10.9. The van der Waals surface area contributed by atoms with Gasteiger partial charge in [0.25, 0.3) is 5.69 Å². The van der Waals surface area contributed by atoms with Gasteiger partial charge in [0, 0.05) is 17.5 Å². The number of nitro groups is 1. The Balaban J connectivity index is 1.96. The normalized spacial score (nSPS) is 11.2. The summed E-state index contributed by atoms with van der Waals surface area (Å²) in [6.45, 7) is 0. The lowest BCUT2D eigenvalue weighted by atomic mass is 10.2. The lowest BCUT2D eigenvalue weighted by Gasteiger charge is -1.93. The predicted molar refractivity (Wildman–Crippen MR) is 77.8 cm³/mol. The molecule has 0 aliphatic carbocycles. The van der Waals surface area contributed by atoms with E-state index in [1.165, 1.54) is 12.1 Å². The molecule has 0 bridgehead atoms. The molecule has 2 N–H and O–H groups in total. The Kier molecular flexibility index (Phi) is 2.28. The number of nitrogens with one attached hydrogen (secondary N) is 2. The van der Waals surface area contributed by atoms with Gasteiger partial charge in [0.15, 0.2) is 5.82 Å². The summed E-state index contributed by atoms with van der Waals surface area (Å²) in [4.78, 5) is 18.1. The molecule has 2 aromatic carbocycles. The van der Waals surface area contributed by atoms with Crippen LogP contribution in [0.5, 0.6) is 0 Å². The van der Waals surface area contributed by atoms with Crippen LogP contribution < -0.4 is 0 Å². The topological polar surface area (TPSA) is 100 Å². The van der Waals surface area contributed by atoms with E-state index < -0.39 is 4.92 Å². The molecule has 0 radical (unpaired) electrons. The maximum Gasteiger partial charge on any atom is 0.270 e. The third-order valence-electron chi connectivity index (χ3n) is 3.37. The van der Waals surface area contributed by atoms with Gasteiger partial charge in [-0.1, -0.05) is 12.1 Å². The summed E-state index contributed by atoms with van der Waals surface area (Å²) in [7, 11) is 0. The molecule has 0 unspecified atom stereocenters. The van der Waals surface area contributed by atoms with Crippen molar-refractivity contribution in [1.29, 1.82) is 0 Å². The van der Waals surface area contributed by atoms with Crippen LogP contribution in [0.25, 0.3) is 33.5 Å². The molecule has 0 saturated heterocycles. The number of rotatable bonds is 2. The first-order chi connectivity index (χ1) is 10.2. The summed E-state index contributed by atoms with van der Waals surface area (Å²) in [6.07, 6.45) is 0. The zero-order valence-electron chi connectivity index (χ0n) is 10.7. The smallest absolute Gasteiger partial charge is 0.270 e. The molecule has 0 saturated carbocycles. The summed E-state index contributed by atoms with van der Waals surface area (Å²) in [5.41, 5.74) is 3.06. The second-order valence-corrected chi connectivity index (χ2v) is 4.66. The van der Waals surface area contributed by atoms with E-state index in [0.29, 0.717) is 16.9 Å². The van der Waals surface area contributed by atoms with Crippen molar-refractivity contribution >= 4 is 27.6 Å². The molecule has 0 fully saturated rings. The van der Waals surface area contributed by atoms with Crippen LogP contribution in [-0.2, 0) is 0 Å². The standard InChI is InChI=1S/C14H9N5O2/c20-19(21)8-5-6-10-9(7-8)13(18-17-10)14-15-11-3-1-2-4-12(11)16-14/h1-7H,(H,15,16)(H,17,18). The molecular weight excluding hydrogens is 270 g/mol. The van der Waals surface area contributed by atoms with Crippen molar-refractivity contribution in [3.63, 3.8) is 0 Å². The minimum Gasteiger partial charge on any atom is -0.337 e. The summed E-state index contributed by atoms with van der Waals surface area (Å²) >= 11 is 0. The average molecular weight is 279 g/mol. The van der Waals surface area contributed by atoms with E-state index in [1.54, 1.807) is 6.07 Å². The van der Waals surface area contributed by atoms with Crippen molar-refractivity contribution in [3.05, 3.63) is 52.6 Å². The highest BCUT2D eigenvalue weighted by Crippen LogP contribution is 2.28. The van der Waals surface area contributed by atoms with Gasteiger partial charge in [0.1, 0.15) is 5.69 Å². The van der Waals surface area contributed by atoms with Gasteiger partial charge in [-0.25, -0.2) is 4.98 Å². The number of nitro benzene ring substituents is 1. The van der Waals surface area contributed by atoms with Crippen molar-refractivity contribution in [2.45, 2.75) is 0 Å². The first-order valence-electron chi connectivity index (χ1n) is 6.30. The lowest BCUT2D eigenvalue weighted by Crippen LogP contribution is -1.87. The molecule has 2 heterocycles. The van der Waals surface area contributed by atoms with E-state index in [0.717, 1.165) is 16.6 Å². The van der Waals surface area contributed by atoms with Crippen LogP contribution in [0, 0.1) is 10.1 Å². The van der Waals surface area contributed by atoms with Crippen LogP contribution >= 0.6 is 0 Å². The fraction of sp³-hybridized carbons (Fsp3) is 0. The molecule has 102 valence electrons. The minimum atomic E-state index is -0.422. The van der Waals surface area contributed by atoms with Gasteiger partial charge in [-0.3, -0.25) is 15.2 Å². The Morgan fingerprint density at radius 2 is 1.95 bits per heavy atom. The first kappa shape index (κ1) is 11.6. The van der Waals surface area contributed by atoms with E-state index in [4.69, 9.17) is 0 Å². The van der Waals surface area contributed by atoms with Crippen molar-refractivity contribution < 1.29 is 4.92 Å². The van der Waals surface area contributed by atoms with Crippen LogP contribution in [0.4, 0.5) is 5.69 Å². The van der Waals surface area contributed by atoms with Gasteiger partial charge in [-0.05, 0) is 18.2 Å². The molecular formula is C14H9N5O2. The van der Waals surface area contributed by atoms with Crippen molar-refractivity contribution in [1.82, 2.24) is 20.2 Å². The molecule has 7 nitrogen and oxygen atoms in total. The van der Waals surface area contributed by atoms with Crippen LogP contribution in [0.1, 0.15) is 0 Å². The molecule has 2 aromatic heterocycles. The lowest BCUT2D eigenvalue weighted by molar-refractivity contribution is -0.384. The molecule has 0 amide bonds. The number of nitrogens with zero attached hydrogens (tertiary/aromatic N) is 3. The highest BCUT2D eigenvalue weighted by Gasteiger charge is 2.15. The van der Waals surface area contributed by atoms with E-state index in [2.05, 4.69) is 20.2 Å². The molecule has 7 heteroatoms. The Hall–Kier alpha value is -3.22. The van der Waals surface area contributed by atoms with Gasteiger partial charge in [0.05, 0.1) is 21.5 Å². The zero-order valence-corrected chi connectivity index (χ0v) is 10.7. The van der Waals surface area contributed by atoms with Crippen molar-refractivity contribution in [2.24, 2.45) is 0 Å². The number of para-hydroxylation sites is 2. The zero-order chi connectivity index (χ0) is 14.4. The molecule has 4 rings (SSSR count). The van der Waals surface area contributed by atoms with E-state index >= 15 is 0 Å². The van der Waals surface area contributed by atoms with E-state index in [1.807, 2.05) is 24.3 Å². The molecule has 4 aromatic rings. The molecule has 0 atom stereocenters. The number of non-ortho nitro benzene ring substituents is 1. The number of hydrogen-bond acceptors (Lipinski definition) is 4. The van der Waals surface area contributed by atoms with Gasteiger partial charge in [-0.2, -0.15) is 5.10 Å². The quantitative estimate of drug-likeness (QED) is 0.435. The largest absolute Gasteiger partial charge is 0.337 e. The number of aromatic nitrogens is 4. The van der Waals surface area contributed by atoms with Gasteiger partial charge < -0.3 is 4.98 Å².